The summed E-state index contributed by atoms with van der Waals surface area (Å²) in [5.41, 5.74) is 1.34. The number of carbonyl (C=O) groups is 1. The first-order chi connectivity index (χ1) is 14.3. The highest BCUT2D eigenvalue weighted by Gasteiger charge is 2.13. The molecule has 2 aromatic carbocycles. The quantitative estimate of drug-likeness (QED) is 0.372. The molecule has 0 unspecified atom stereocenters. The molecule has 0 atom stereocenters. The lowest BCUT2D eigenvalue weighted by Crippen LogP contribution is -2.19. The largest absolute Gasteiger partial charge is 0.380 e. The third kappa shape index (κ3) is 5.40. The first-order valence-corrected chi connectivity index (χ1v) is 13.3. The van der Waals surface area contributed by atoms with Gasteiger partial charge >= 0.3 is 0 Å². The van der Waals surface area contributed by atoms with Gasteiger partial charge in [-0.1, -0.05) is 18.3 Å². The summed E-state index contributed by atoms with van der Waals surface area (Å²) in [6.07, 6.45) is 1.18. The number of fused-ring (bicyclic) bond motifs is 1. The van der Waals surface area contributed by atoms with E-state index in [2.05, 4.69) is 11.9 Å². The first-order valence-electron chi connectivity index (χ1n) is 9.56. The van der Waals surface area contributed by atoms with Gasteiger partial charge in [0.05, 0.1) is 21.7 Å². The van der Waals surface area contributed by atoms with Crippen LogP contribution in [0.25, 0.3) is 10.2 Å². The van der Waals surface area contributed by atoms with Gasteiger partial charge in [-0.05, 0) is 55.1 Å². The molecule has 0 radical (unpaired) electrons. The summed E-state index contributed by atoms with van der Waals surface area (Å²) < 4.78 is 32.0. The molecular formula is C21H24N2O4S3. The molecule has 1 heterocycles. The van der Waals surface area contributed by atoms with E-state index in [1.165, 1.54) is 17.6 Å². The van der Waals surface area contributed by atoms with Crippen LogP contribution in [0.5, 0.6) is 0 Å². The van der Waals surface area contributed by atoms with Crippen LogP contribution in [0, 0.1) is 0 Å². The van der Waals surface area contributed by atoms with Crippen molar-refractivity contribution in [1.82, 2.24) is 4.57 Å². The van der Waals surface area contributed by atoms with E-state index in [-0.39, 0.29) is 10.8 Å². The Kier molecular flexibility index (Phi) is 7.51. The van der Waals surface area contributed by atoms with E-state index in [1.807, 2.05) is 23.6 Å². The zero-order valence-electron chi connectivity index (χ0n) is 17.1. The number of sulfone groups is 1. The molecular weight excluding hydrogens is 440 g/mol. The Morgan fingerprint density at radius 1 is 1.17 bits per heavy atom. The normalized spacial score (nSPS) is 12.6. The molecule has 1 amide bonds. The Hall–Kier alpha value is -1.94. The van der Waals surface area contributed by atoms with E-state index in [9.17, 15) is 13.2 Å². The first kappa shape index (κ1) is 22.7. The minimum Gasteiger partial charge on any atom is -0.380 e. The number of aromatic nitrogens is 1. The summed E-state index contributed by atoms with van der Waals surface area (Å²) in [7, 11) is -3.32. The summed E-state index contributed by atoms with van der Waals surface area (Å²) in [5.74, 6) is 0.637. The molecule has 3 aromatic rings. The average Bonchev–Trinajstić information content (AvgIpc) is 3.04. The van der Waals surface area contributed by atoms with Gasteiger partial charge in [-0.15, -0.1) is 11.8 Å². The van der Waals surface area contributed by atoms with Crippen molar-refractivity contribution < 1.29 is 17.9 Å². The van der Waals surface area contributed by atoms with Crippen molar-refractivity contribution in [2.45, 2.75) is 30.2 Å². The zero-order valence-corrected chi connectivity index (χ0v) is 19.6. The van der Waals surface area contributed by atoms with Crippen molar-refractivity contribution in [3.8, 4) is 0 Å². The van der Waals surface area contributed by atoms with Gasteiger partial charge in [0.15, 0.2) is 14.6 Å². The van der Waals surface area contributed by atoms with E-state index >= 15 is 0 Å². The third-order valence-electron chi connectivity index (χ3n) is 4.36. The molecule has 30 heavy (non-hydrogen) atoms. The van der Waals surface area contributed by atoms with E-state index in [0.29, 0.717) is 30.1 Å². The lowest BCUT2D eigenvalue weighted by molar-refractivity contribution is 0.0996. The lowest BCUT2D eigenvalue weighted by Gasteiger charge is -2.06. The standard InChI is InChI=1S/C21H24N2O4S3/c1-4-27-13-12-23-18-11-10-17(30(3,25)26)14-19(18)29-21(23)22-20(24)15-6-8-16(9-7-15)28-5-2/h6-11,14H,4-5,12-13H2,1-3H3. The number of hydrogen-bond donors (Lipinski definition) is 0. The number of nitrogens with zero attached hydrogens (tertiary/aromatic N) is 2. The predicted octanol–water partition coefficient (Wildman–Crippen LogP) is 4.00. The zero-order chi connectivity index (χ0) is 21.7. The monoisotopic (exact) mass is 464 g/mol. The molecule has 0 aliphatic carbocycles. The van der Waals surface area contributed by atoms with Crippen LogP contribution in [0.1, 0.15) is 24.2 Å². The SMILES string of the molecule is CCOCCn1c(=NC(=O)c2ccc(SCC)cc2)sc2cc(S(C)(=O)=O)ccc21. The van der Waals surface area contributed by atoms with Crippen molar-refractivity contribution >= 4 is 49.1 Å². The van der Waals surface area contributed by atoms with Gasteiger partial charge < -0.3 is 9.30 Å². The van der Waals surface area contributed by atoms with Crippen molar-refractivity contribution in [1.29, 1.82) is 0 Å². The number of amides is 1. The Morgan fingerprint density at radius 3 is 2.53 bits per heavy atom. The Labute approximate surface area is 184 Å². The number of benzene rings is 2. The maximum absolute atomic E-state index is 12.8. The molecule has 0 saturated carbocycles. The number of thiazole rings is 1. The van der Waals surface area contributed by atoms with Crippen LogP contribution in [-0.2, 0) is 21.1 Å². The van der Waals surface area contributed by atoms with Crippen LogP contribution in [0.4, 0.5) is 0 Å². The smallest absolute Gasteiger partial charge is 0.279 e. The van der Waals surface area contributed by atoms with Crippen LogP contribution >= 0.6 is 23.1 Å². The van der Waals surface area contributed by atoms with Gasteiger partial charge in [0.25, 0.3) is 5.91 Å². The van der Waals surface area contributed by atoms with Crippen LogP contribution in [0.2, 0.25) is 0 Å². The summed E-state index contributed by atoms with van der Waals surface area (Å²) in [6, 6.07) is 12.4. The fraction of sp³-hybridized carbons (Fsp3) is 0.333. The number of thioether (sulfide) groups is 1. The minimum atomic E-state index is -3.32. The summed E-state index contributed by atoms with van der Waals surface area (Å²) >= 11 is 3.01. The molecule has 0 N–H and O–H groups in total. The molecule has 9 heteroatoms. The van der Waals surface area contributed by atoms with Gasteiger partial charge in [-0.2, -0.15) is 4.99 Å². The lowest BCUT2D eigenvalue weighted by atomic mass is 10.2. The topological polar surface area (TPSA) is 77.7 Å². The second-order valence-electron chi connectivity index (χ2n) is 6.51. The third-order valence-corrected chi connectivity index (χ3v) is 7.40. The number of rotatable bonds is 8. The maximum atomic E-state index is 12.8. The molecule has 160 valence electrons. The number of carbonyl (C=O) groups excluding carboxylic acids is 1. The van der Waals surface area contributed by atoms with Crippen molar-refractivity contribution in [2.24, 2.45) is 4.99 Å². The summed E-state index contributed by atoms with van der Waals surface area (Å²) in [6.45, 7) is 5.58. The van der Waals surface area contributed by atoms with Gasteiger partial charge in [0.1, 0.15) is 0 Å². The molecule has 0 saturated heterocycles. The van der Waals surface area contributed by atoms with Crippen LogP contribution in [-0.4, -0.2) is 44.1 Å². The fourth-order valence-electron chi connectivity index (χ4n) is 2.90. The van der Waals surface area contributed by atoms with E-state index < -0.39 is 9.84 Å². The molecule has 0 aliphatic rings. The van der Waals surface area contributed by atoms with Crippen molar-refractivity contribution in [2.75, 3.05) is 25.2 Å². The van der Waals surface area contributed by atoms with E-state index in [0.717, 1.165) is 20.9 Å². The van der Waals surface area contributed by atoms with Gasteiger partial charge in [0, 0.05) is 29.9 Å². The molecule has 0 fully saturated rings. The van der Waals surface area contributed by atoms with E-state index in [1.54, 1.807) is 42.1 Å². The summed E-state index contributed by atoms with van der Waals surface area (Å²) in [5, 5.41) is 0. The summed E-state index contributed by atoms with van der Waals surface area (Å²) in [4.78, 5) is 19.0. The van der Waals surface area contributed by atoms with Gasteiger partial charge in [0.2, 0.25) is 0 Å². The minimum absolute atomic E-state index is 0.245. The molecule has 6 nitrogen and oxygen atoms in total. The number of hydrogen-bond acceptors (Lipinski definition) is 6. The molecule has 0 aliphatic heterocycles. The van der Waals surface area contributed by atoms with E-state index in [4.69, 9.17) is 4.74 Å². The highest BCUT2D eigenvalue weighted by Crippen LogP contribution is 2.22. The van der Waals surface area contributed by atoms with Gasteiger partial charge in [-0.3, -0.25) is 4.79 Å². The second kappa shape index (κ2) is 9.91. The Morgan fingerprint density at radius 2 is 1.90 bits per heavy atom. The predicted molar refractivity (Wildman–Crippen MR) is 122 cm³/mol. The highest BCUT2D eigenvalue weighted by molar-refractivity contribution is 7.99. The van der Waals surface area contributed by atoms with Crippen molar-refractivity contribution in [3.63, 3.8) is 0 Å². The number of ether oxygens (including phenoxy) is 1. The molecule has 0 bridgehead atoms. The highest BCUT2D eigenvalue weighted by atomic mass is 32.2. The average molecular weight is 465 g/mol. The second-order valence-corrected chi connectivity index (χ2v) is 10.9. The molecule has 0 spiro atoms. The Bertz CT molecular complexity index is 1210. The van der Waals surface area contributed by atoms with Crippen LogP contribution in [0.3, 0.4) is 0 Å². The van der Waals surface area contributed by atoms with Crippen molar-refractivity contribution in [3.05, 3.63) is 52.8 Å². The van der Waals surface area contributed by atoms with Gasteiger partial charge in [-0.25, -0.2) is 8.42 Å². The maximum Gasteiger partial charge on any atom is 0.279 e. The van der Waals surface area contributed by atoms with Crippen LogP contribution in [0.15, 0.2) is 57.2 Å². The molecule has 1 aromatic heterocycles. The Balaban J connectivity index is 2.05. The van der Waals surface area contributed by atoms with Crippen LogP contribution < -0.4 is 4.80 Å². The molecule has 3 rings (SSSR count). The fourth-order valence-corrected chi connectivity index (χ4v) is 5.37.